The number of anilines is 1. The standard InChI is InChI=1S/C13H18N2O/c14-9-8-12-4-6-13(7-5-12)15-10-2-1-3-11-16/h4-7,15-16H,1-3,8,10-11H2. The van der Waals surface area contributed by atoms with Crippen molar-refractivity contribution < 1.29 is 5.11 Å². The highest BCUT2D eigenvalue weighted by Gasteiger charge is 1.94. The Morgan fingerprint density at radius 2 is 1.88 bits per heavy atom. The first-order valence-electron chi connectivity index (χ1n) is 5.67. The van der Waals surface area contributed by atoms with Crippen molar-refractivity contribution in [2.75, 3.05) is 18.5 Å². The number of aliphatic hydroxyl groups is 1. The van der Waals surface area contributed by atoms with Gasteiger partial charge in [-0.05, 0) is 37.0 Å². The van der Waals surface area contributed by atoms with Crippen LogP contribution in [0.4, 0.5) is 5.69 Å². The molecule has 3 nitrogen and oxygen atoms in total. The molecule has 0 spiro atoms. The van der Waals surface area contributed by atoms with E-state index < -0.39 is 0 Å². The number of hydrogen-bond donors (Lipinski definition) is 2. The van der Waals surface area contributed by atoms with Gasteiger partial charge in [-0.2, -0.15) is 5.26 Å². The molecule has 1 aromatic carbocycles. The van der Waals surface area contributed by atoms with Crippen LogP contribution in [0.25, 0.3) is 0 Å². The molecule has 0 heterocycles. The Balaban J connectivity index is 2.24. The summed E-state index contributed by atoms with van der Waals surface area (Å²) in [6, 6.07) is 10.1. The number of nitrogens with one attached hydrogen (secondary N) is 1. The molecular formula is C13H18N2O. The summed E-state index contributed by atoms with van der Waals surface area (Å²) < 4.78 is 0. The normalized spacial score (nSPS) is 9.75. The van der Waals surface area contributed by atoms with E-state index in [4.69, 9.17) is 10.4 Å². The third-order valence-corrected chi connectivity index (χ3v) is 2.40. The lowest BCUT2D eigenvalue weighted by atomic mass is 10.1. The van der Waals surface area contributed by atoms with Crippen LogP contribution in [0, 0.1) is 11.3 Å². The second-order valence-electron chi connectivity index (χ2n) is 3.74. The Kier molecular flexibility index (Phi) is 6.05. The van der Waals surface area contributed by atoms with Crippen molar-refractivity contribution in [3.8, 4) is 6.07 Å². The Hall–Kier alpha value is -1.53. The Labute approximate surface area is 96.7 Å². The highest BCUT2D eigenvalue weighted by molar-refractivity contribution is 5.44. The Morgan fingerprint density at radius 1 is 1.12 bits per heavy atom. The fourth-order valence-corrected chi connectivity index (χ4v) is 1.48. The van der Waals surface area contributed by atoms with Gasteiger partial charge in [-0.15, -0.1) is 0 Å². The molecule has 0 amide bonds. The highest BCUT2D eigenvalue weighted by Crippen LogP contribution is 2.10. The van der Waals surface area contributed by atoms with Crippen LogP contribution in [0.15, 0.2) is 24.3 Å². The molecule has 16 heavy (non-hydrogen) atoms. The van der Waals surface area contributed by atoms with Crippen LogP contribution in [0.3, 0.4) is 0 Å². The summed E-state index contributed by atoms with van der Waals surface area (Å²) in [6.45, 7) is 1.21. The third-order valence-electron chi connectivity index (χ3n) is 2.40. The SMILES string of the molecule is N#CCc1ccc(NCCCCCO)cc1. The molecule has 0 bridgehead atoms. The average Bonchev–Trinajstić information content (AvgIpc) is 2.31. The van der Waals surface area contributed by atoms with Crippen molar-refractivity contribution >= 4 is 5.69 Å². The van der Waals surface area contributed by atoms with Gasteiger partial charge in [-0.25, -0.2) is 0 Å². The van der Waals surface area contributed by atoms with E-state index in [2.05, 4.69) is 11.4 Å². The molecular weight excluding hydrogens is 200 g/mol. The molecule has 0 aliphatic carbocycles. The number of benzene rings is 1. The summed E-state index contributed by atoms with van der Waals surface area (Å²) in [5.74, 6) is 0. The van der Waals surface area contributed by atoms with E-state index >= 15 is 0 Å². The second-order valence-corrected chi connectivity index (χ2v) is 3.74. The molecule has 2 N–H and O–H groups in total. The molecule has 0 saturated heterocycles. The van der Waals surface area contributed by atoms with Crippen LogP contribution in [0.1, 0.15) is 24.8 Å². The molecule has 1 aromatic rings. The van der Waals surface area contributed by atoms with Crippen molar-refractivity contribution in [1.82, 2.24) is 0 Å². The molecule has 0 aliphatic heterocycles. The van der Waals surface area contributed by atoms with Crippen LogP contribution in [0.2, 0.25) is 0 Å². The van der Waals surface area contributed by atoms with Gasteiger partial charge in [-0.3, -0.25) is 0 Å². The lowest BCUT2D eigenvalue weighted by molar-refractivity contribution is 0.283. The zero-order valence-electron chi connectivity index (χ0n) is 9.45. The van der Waals surface area contributed by atoms with E-state index in [1.54, 1.807) is 0 Å². The predicted octanol–water partition coefficient (Wildman–Crippen LogP) is 2.33. The second kappa shape index (κ2) is 7.72. The minimum atomic E-state index is 0.281. The quantitative estimate of drug-likeness (QED) is 0.690. The summed E-state index contributed by atoms with van der Waals surface area (Å²) in [5.41, 5.74) is 2.14. The minimum absolute atomic E-state index is 0.281. The van der Waals surface area contributed by atoms with Gasteiger partial charge in [0.2, 0.25) is 0 Å². The van der Waals surface area contributed by atoms with E-state index in [-0.39, 0.29) is 6.61 Å². The fraction of sp³-hybridized carbons (Fsp3) is 0.462. The average molecular weight is 218 g/mol. The van der Waals surface area contributed by atoms with Crippen molar-refractivity contribution in [3.05, 3.63) is 29.8 Å². The van der Waals surface area contributed by atoms with Gasteiger partial charge in [0.1, 0.15) is 0 Å². The molecule has 0 fully saturated rings. The van der Waals surface area contributed by atoms with E-state index in [0.717, 1.165) is 37.1 Å². The highest BCUT2D eigenvalue weighted by atomic mass is 16.2. The molecule has 0 aliphatic rings. The van der Waals surface area contributed by atoms with Gasteiger partial charge in [-0.1, -0.05) is 12.1 Å². The number of nitrogens with zero attached hydrogens (tertiary/aromatic N) is 1. The Bertz CT molecular complexity index is 327. The van der Waals surface area contributed by atoms with Gasteiger partial charge in [0, 0.05) is 18.8 Å². The summed E-state index contributed by atoms with van der Waals surface area (Å²) in [7, 11) is 0. The van der Waals surface area contributed by atoms with Gasteiger partial charge < -0.3 is 10.4 Å². The van der Waals surface area contributed by atoms with Gasteiger partial charge in [0.05, 0.1) is 12.5 Å². The molecule has 0 atom stereocenters. The predicted molar refractivity (Wildman–Crippen MR) is 65.2 cm³/mol. The summed E-state index contributed by atoms with van der Waals surface area (Å²) in [5, 5.41) is 20.5. The minimum Gasteiger partial charge on any atom is -0.396 e. The summed E-state index contributed by atoms with van der Waals surface area (Å²) >= 11 is 0. The maximum Gasteiger partial charge on any atom is 0.0669 e. The van der Waals surface area contributed by atoms with Gasteiger partial charge in [0.15, 0.2) is 0 Å². The Morgan fingerprint density at radius 3 is 2.50 bits per heavy atom. The van der Waals surface area contributed by atoms with Crippen molar-refractivity contribution in [2.45, 2.75) is 25.7 Å². The van der Waals surface area contributed by atoms with Crippen LogP contribution >= 0.6 is 0 Å². The molecule has 0 saturated carbocycles. The van der Waals surface area contributed by atoms with Crippen LogP contribution in [0.5, 0.6) is 0 Å². The monoisotopic (exact) mass is 218 g/mol. The van der Waals surface area contributed by atoms with Gasteiger partial charge in [0.25, 0.3) is 0 Å². The van der Waals surface area contributed by atoms with Gasteiger partial charge >= 0.3 is 0 Å². The number of hydrogen-bond acceptors (Lipinski definition) is 3. The van der Waals surface area contributed by atoms with Crippen molar-refractivity contribution in [3.63, 3.8) is 0 Å². The summed E-state index contributed by atoms with van der Waals surface area (Å²) in [4.78, 5) is 0. The summed E-state index contributed by atoms with van der Waals surface area (Å²) in [6.07, 6.45) is 3.47. The number of nitriles is 1. The molecule has 0 radical (unpaired) electrons. The number of rotatable bonds is 7. The number of aliphatic hydroxyl groups excluding tert-OH is 1. The maximum absolute atomic E-state index is 8.62. The van der Waals surface area contributed by atoms with E-state index in [1.165, 1.54) is 0 Å². The largest absolute Gasteiger partial charge is 0.396 e. The smallest absolute Gasteiger partial charge is 0.0669 e. The first-order chi connectivity index (χ1) is 7.86. The zero-order chi connectivity index (χ0) is 11.6. The molecule has 86 valence electrons. The van der Waals surface area contributed by atoms with E-state index in [9.17, 15) is 0 Å². The maximum atomic E-state index is 8.62. The lowest BCUT2D eigenvalue weighted by Crippen LogP contribution is -2.01. The van der Waals surface area contributed by atoms with Crippen LogP contribution < -0.4 is 5.32 Å². The third kappa shape index (κ3) is 4.81. The molecule has 0 unspecified atom stereocenters. The fourth-order valence-electron chi connectivity index (χ4n) is 1.48. The van der Waals surface area contributed by atoms with Crippen LogP contribution in [-0.4, -0.2) is 18.3 Å². The number of unbranched alkanes of at least 4 members (excludes halogenated alkanes) is 2. The van der Waals surface area contributed by atoms with Crippen molar-refractivity contribution in [2.24, 2.45) is 0 Å². The van der Waals surface area contributed by atoms with E-state index in [0.29, 0.717) is 6.42 Å². The first-order valence-corrected chi connectivity index (χ1v) is 5.67. The topological polar surface area (TPSA) is 56.0 Å². The molecule has 1 rings (SSSR count). The molecule has 0 aromatic heterocycles. The van der Waals surface area contributed by atoms with E-state index in [1.807, 2.05) is 24.3 Å². The van der Waals surface area contributed by atoms with Crippen LogP contribution in [-0.2, 0) is 6.42 Å². The zero-order valence-corrected chi connectivity index (χ0v) is 9.45. The lowest BCUT2D eigenvalue weighted by Gasteiger charge is -2.06. The first kappa shape index (κ1) is 12.5. The van der Waals surface area contributed by atoms with Crippen molar-refractivity contribution in [1.29, 1.82) is 5.26 Å². The molecule has 3 heteroatoms.